The molecule has 0 radical (unpaired) electrons. The monoisotopic (exact) mass is 216 g/mol. The van der Waals surface area contributed by atoms with Gasteiger partial charge in [0.15, 0.2) is 0 Å². The van der Waals surface area contributed by atoms with Crippen LogP contribution in [0.1, 0.15) is 21.6 Å². The van der Waals surface area contributed by atoms with Crippen molar-refractivity contribution in [2.75, 3.05) is 7.11 Å². The molecule has 1 aromatic heterocycles. The highest BCUT2D eigenvalue weighted by Crippen LogP contribution is 2.22. The van der Waals surface area contributed by atoms with Gasteiger partial charge >= 0.3 is 0 Å². The molecule has 4 heteroatoms. The highest BCUT2D eigenvalue weighted by Gasteiger charge is 2.15. The zero-order chi connectivity index (χ0) is 11.5. The lowest BCUT2D eigenvalue weighted by molar-refractivity contribution is 0.103. The third kappa shape index (κ3) is 1.82. The van der Waals surface area contributed by atoms with Gasteiger partial charge in [-0.2, -0.15) is 5.10 Å². The van der Waals surface area contributed by atoms with E-state index in [1.807, 2.05) is 19.1 Å². The first-order valence-corrected chi connectivity index (χ1v) is 4.91. The first-order valence-electron chi connectivity index (χ1n) is 4.91. The molecule has 4 nitrogen and oxygen atoms in total. The zero-order valence-electron chi connectivity index (χ0n) is 9.15. The predicted octanol–water partition coefficient (Wildman–Crippen LogP) is 1.96. The maximum absolute atomic E-state index is 12.1. The number of rotatable bonds is 3. The molecule has 0 amide bonds. The molecule has 0 bridgehead atoms. The molecule has 2 aromatic rings. The summed E-state index contributed by atoms with van der Waals surface area (Å²) in [6.07, 6.45) is 1.55. The lowest BCUT2D eigenvalue weighted by Crippen LogP contribution is -2.05. The molecule has 0 fully saturated rings. The Kier molecular flexibility index (Phi) is 2.72. The smallest absolute Gasteiger partial charge is 0.214 e. The van der Waals surface area contributed by atoms with Crippen molar-refractivity contribution in [3.05, 3.63) is 47.3 Å². The fraction of sp³-hybridized carbons (Fsp3) is 0.167. The summed E-state index contributed by atoms with van der Waals surface area (Å²) in [5.41, 5.74) is 2.03. The molecule has 0 atom stereocenters. The Labute approximate surface area is 93.3 Å². The fourth-order valence-electron chi connectivity index (χ4n) is 1.53. The number of hydrogen-bond acceptors (Lipinski definition) is 3. The van der Waals surface area contributed by atoms with Gasteiger partial charge in [-0.1, -0.05) is 11.6 Å². The molecule has 1 aromatic carbocycles. The van der Waals surface area contributed by atoms with Gasteiger partial charge in [0.2, 0.25) is 5.78 Å². The van der Waals surface area contributed by atoms with Crippen molar-refractivity contribution < 1.29 is 9.53 Å². The Hall–Kier alpha value is -2.10. The molecule has 2 rings (SSSR count). The van der Waals surface area contributed by atoms with Crippen LogP contribution in [-0.4, -0.2) is 23.1 Å². The van der Waals surface area contributed by atoms with Gasteiger partial charge < -0.3 is 4.74 Å². The van der Waals surface area contributed by atoms with Crippen molar-refractivity contribution >= 4 is 5.78 Å². The number of hydrogen-bond donors (Lipinski definition) is 1. The van der Waals surface area contributed by atoms with Crippen molar-refractivity contribution in [3.63, 3.8) is 0 Å². The summed E-state index contributed by atoms with van der Waals surface area (Å²) in [4.78, 5) is 12.1. The zero-order valence-corrected chi connectivity index (χ0v) is 9.15. The number of nitrogens with zero attached hydrogens (tertiary/aromatic N) is 1. The SMILES string of the molecule is COc1ccc(C)cc1C(=O)c1ccn[nH]1. The number of carbonyl (C=O) groups excluding carboxylic acids is 1. The lowest BCUT2D eigenvalue weighted by atomic mass is 10.0. The van der Waals surface area contributed by atoms with Crippen LogP contribution >= 0.6 is 0 Å². The van der Waals surface area contributed by atoms with Crippen LogP contribution in [0.25, 0.3) is 0 Å². The number of aryl methyl sites for hydroxylation is 1. The highest BCUT2D eigenvalue weighted by atomic mass is 16.5. The Balaban J connectivity index is 2.47. The molecule has 0 aliphatic carbocycles. The summed E-state index contributed by atoms with van der Waals surface area (Å²) < 4.78 is 5.16. The molecule has 0 saturated carbocycles. The van der Waals surface area contributed by atoms with Crippen LogP contribution in [0.2, 0.25) is 0 Å². The molecular weight excluding hydrogens is 204 g/mol. The fourth-order valence-corrected chi connectivity index (χ4v) is 1.53. The molecule has 16 heavy (non-hydrogen) atoms. The number of H-pyrrole nitrogens is 1. The van der Waals surface area contributed by atoms with E-state index in [-0.39, 0.29) is 5.78 Å². The summed E-state index contributed by atoms with van der Waals surface area (Å²) in [5.74, 6) is 0.461. The third-order valence-electron chi connectivity index (χ3n) is 2.34. The summed E-state index contributed by atoms with van der Waals surface area (Å²) >= 11 is 0. The predicted molar refractivity (Wildman–Crippen MR) is 59.8 cm³/mol. The van der Waals surface area contributed by atoms with Crippen LogP contribution in [0.4, 0.5) is 0 Å². The Morgan fingerprint density at radius 2 is 2.19 bits per heavy atom. The van der Waals surface area contributed by atoms with Crippen molar-refractivity contribution in [1.29, 1.82) is 0 Å². The minimum Gasteiger partial charge on any atom is -0.496 e. The van der Waals surface area contributed by atoms with Gasteiger partial charge in [0.1, 0.15) is 11.4 Å². The van der Waals surface area contributed by atoms with E-state index in [0.717, 1.165) is 5.56 Å². The maximum Gasteiger partial charge on any atom is 0.214 e. The van der Waals surface area contributed by atoms with Gasteiger partial charge in [-0.25, -0.2) is 0 Å². The van der Waals surface area contributed by atoms with E-state index in [1.54, 1.807) is 25.4 Å². The molecular formula is C12H12N2O2. The average Bonchev–Trinajstić information content (AvgIpc) is 2.81. The largest absolute Gasteiger partial charge is 0.496 e. The second-order valence-corrected chi connectivity index (χ2v) is 3.50. The number of ether oxygens (including phenoxy) is 1. The second kappa shape index (κ2) is 4.18. The van der Waals surface area contributed by atoms with Crippen molar-refractivity contribution in [2.24, 2.45) is 0 Å². The quantitative estimate of drug-likeness (QED) is 0.798. The van der Waals surface area contributed by atoms with E-state index in [9.17, 15) is 4.79 Å². The number of aromatic nitrogens is 2. The van der Waals surface area contributed by atoms with Crippen molar-refractivity contribution in [1.82, 2.24) is 10.2 Å². The normalized spacial score (nSPS) is 10.1. The first kappa shape index (κ1) is 10.4. The lowest BCUT2D eigenvalue weighted by Gasteiger charge is -2.07. The highest BCUT2D eigenvalue weighted by molar-refractivity contribution is 6.09. The van der Waals surface area contributed by atoms with E-state index in [0.29, 0.717) is 17.0 Å². The van der Waals surface area contributed by atoms with Gasteiger partial charge in [0, 0.05) is 6.20 Å². The topological polar surface area (TPSA) is 55.0 Å². The second-order valence-electron chi connectivity index (χ2n) is 3.50. The summed E-state index contributed by atoms with van der Waals surface area (Å²) in [7, 11) is 1.55. The van der Waals surface area contributed by atoms with E-state index in [4.69, 9.17) is 4.74 Å². The van der Waals surface area contributed by atoms with Crippen LogP contribution in [-0.2, 0) is 0 Å². The van der Waals surface area contributed by atoms with Gasteiger partial charge in [0.25, 0.3) is 0 Å². The summed E-state index contributed by atoms with van der Waals surface area (Å²) in [6, 6.07) is 7.15. The molecule has 0 spiro atoms. The number of methoxy groups -OCH3 is 1. The van der Waals surface area contributed by atoms with Gasteiger partial charge in [0.05, 0.1) is 12.7 Å². The van der Waals surface area contributed by atoms with E-state index < -0.39 is 0 Å². The Morgan fingerprint density at radius 3 is 2.81 bits per heavy atom. The van der Waals surface area contributed by atoms with E-state index >= 15 is 0 Å². The summed E-state index contributed by atoms with van der Waals surface area (Å²) in [5, 5.41) is 6.41. The molecule has 0 saturated heterocycles. The summed E-state index contributed by atoms with van der Waals surface area (Å²) in [6.45, 7) is 1.93. The maximum atomic E-state index is 12.1. The van der Waals surface area contributed by atoms with E-state index in [2.05, 4.69) is 10.2 Å². The molecule has 0 aliphatic rings. The number of benzene rings is 1. The van der Waals surface area contributed by atoms with Crippen molar-refractivity contribution in [2.45, 2.75) is 6.92 Å². The number of ketones is 1. The minimum absolute atomic E-state index is 0.113. The van der Waals surface area contributed by atoms with Crippen LogP contribution in [0, 0.1) is 6.92 Å². The van der Waals surface area contributed by atoms with Gasteiger partial charge in [-0.05, 0) is 25.1 Å². The molecule has 0 aliphatic heterocycles. The minimum atomic E-state index is -0.113. The van der Waals surface area contributed by atoms with Gasteiger partial charge in [-0.15, -0.1) is 0 Å². The first-order chi connectivity index (χ1) is 7.72. The van der Waals surface area contributed by atoms with Crippen molar-refractivity contribution in [3.8, 4) is 5.75 Å². The number of carbonyl (C=O) groups is 1. The molecule has 0 unspecified atom stereocenters. The Morgan fingerprint density at radius 1 is 1.38 bits per heavy atom. The van der Waals surface area contributed by atoms with Gasteiger partial charge in [-0.3, -0.25) is 9.89 Å². The standard InChI is InChI=1S/C12H12N2O2/c1-8-3-4-11(16-2)9(7-8)12(15)10-5-6-13-14-10/h3-7H,1-2H3,(H,13,14). The van der Waals surface area contributed by atoms with Crippen LogP contribution in [0.3, 0.4) is 0 Å². The number of nitrogens with one attached hydrogen (secondary N) is 1. The van der Waals surface area contributed by atoms with Crippen LogP contribution in [0.5, 0.6) is 5.75 Å². The Bertz CT molecular complexity index is 504. The van der Waals surface area contributed by atoms with Crippen LogP contribution in [0.15, 0.2) is 30.5 Å². The van der Waals surface area contributed by atoms with Crippen LogP contribution < -0.4 is 4.74 Å². The average molecular weight is 216 g/mol. The molecule has 1 N–H and O–H groups in total. The molecule has 82 valence electrons. The van der Waals surface area contributed by atoms with E-state index in [1.165, 1.54) is 0 Å². The number of aromatic amines is 1. The molecule has 1 heterocycles. The third-order valence-corrected chi connectivity index (χ3v) is 2.34.